The van der Waals surface area contributed by atoms with Crippen molar-refractivity contribution in [3.63, 3.8) is 0 Å². The van der Waals surface area contributed by atoms with Gasteiger partial charge < -0.3 is 5.32 Å². The molecule has 1 aromatic heterocycles. The summed E-state index contributed by atoms with van der Waals surface area (Å²) in [5.41, 5.74) is 0.781. The molecule has 0 aromatic carbocycles. The molecule has 0 radical (unpaired) electrons. The minimum absolute atomic E-state index is 0.0478. The number of carbonyl (C=O) groups excluding carboxylic acids is 1. The quantitative estimate of drug-likeness (QED) is 0.837. The normalized spacial score (nSPS) is 20.9. The molecule has 1 unspecified atom stereocenters. The van der Waals surface area contributed by atoms with Crippen LogP contribution in [0.15, 0.2) is 10.7 Å². The van der Waals surface area contributed by atoms with E-state index in [1.165, 1.54) is 0 Å². The fourth-order valence-electron chi connectivity index (χ4n) is 2.89. The molecule has 0 fully saturated rings. The fraction of sp³-hybridized carbons (Fsp3) is 0.600. The van der Waals surface area contributed by atoms with E-state index >= 15 is 0 Å². The van der Waals surface area contributed by atoms with Crippen LogP contribution >= 0.6 is 27.5 Å². The van der Waals surface area contributed by atoms with Gasteiger partial charge in [0.25, 0.3) is 0 Å². The molecule has 20 heavy (non-hydrogen) atoms. The Kier molecular flexibility index (Phi) is 4.75. The van der Waals surface area contributed by atoms with Crippen molar-refractivity contribution in [2.45, 2.75) is 45.4 Å². The molecular formula is C15H20BrClN2O. The van der Waals surface area contributed by atoms with Crippen LogP contribution in [0.1, 0.15) is 45.6 Å². The van der Waals surface area contributed by atoms with Crippen LogP contribution in [0.2, 0.25) is 5.02 Å². The van der Waals surface area contributed by atoms with E-state index < -0.39 is 0 Å². The highest BCUT2D eigenvalue weighted by Crippen LogP contribution is 2.47. The Balaban J connectivity index is 2.47. The van der Waals surface area contributed by atoms with E-state index in [0.29, 0.717) is 11.4 Å². The van der Waals surface area contributed by atoms with E-state index in [1.54, 1.807) is 6.20 Å². The van der Waals surface area contributed by atoms with Gasteiger partial charge in [-0.2, -0.15) is 0 Å². The Labute approximate surface area is 133 Å². The van der Waals surface area contributed by atoms with Crippen molar-refractivity contribution >= 4 is 39.1 Å². The van der Waals surface area contributed by atoms with Crippen LogP contribution < -0.4 is 5.32 Å². The lowest BCUT2D eigenvalue weighted by molar-refractivity contribution is -0.123. The number of anilines is 1. The number of halogens is 2. The molecule has 1 aromatic rings. The molecule has 0 saturated heterocycles. The minimum Gasteiger partial charge on any atom is -0.369 e. The molecule has 1 aliphatic rings. The highest BCUT2D eigenvalue weighted by molar-refractivity contribution is 9.10. The zero-order chi connectivity index (χ0) is 14.9. The van der Waals surface area contributed by atoms with Crippen molar-refractivity contribution < 1.29 is 4.79 Å². The van der Waals surface area contributed by atoms with Crippen LogP contribution in [0.3, 0.4) is 0 Å². The summed E-state index contributed by atoms with van der Waals surface area (Å²) in [6.45, 7) is 6.77. The minimum atomic E-state index is -0.223. The second-order valence-electron chi connectivity index (χ2n) is 5.83. The first-order chi connectivity index (χ1) is 9.41. The van der Waals surface area contributed by atoms with E-state index in [9.17, 15) is 4.79 Å². The molecule has 0 bridgehead atoms. The summed E-state index contributed by atoms with van der Waals surface area (Å²) in [7, 11) is 0. The molecule has 0 aliphatic carbocycles. The smallest absolute Gasteiger partial charge is 0.136 e. The van der Waals surface area contributed by atoms with Gasteiger partial charge in [-0.25, -0.2) is 4.98 Å². The van der Waals surface area contributed by atoms with Crippen LogP contribution in [0.4, 0.5) is 5.82 Å². The van der Waals surface area contributed by atoms with Gasteiger partial charge in [-0.05, 0) is 22.4 Å². The summed E-state index contributed by atoms with van der Waals surface area (Å²) in [5, 5.41) is 4.00. The van der Waals surface area contributed by atoms with Gasteiger partial charge >= 0.3 is 0 Å². The fourth-order valence-corrected chi connectivity index (χ4v) is 3.53. The molecule has 1 atom stereocenters. The molecule has 110 valence electrons. The first-order valence-electron chi connectivity index (χ1n) is 7.02. The average Bonchev–Trinajstić information content (AvgIpc) is 2.74. The first-order valence-corrected chi connectivity index (χ1v) is 8.19. The van der Waals surface area contributed by atoms with Gasteiger partial charge in [-0.3, -0.25) is 4.79 Å². The van der Waals surface area contributed by atoms with Gasteiger partial charge in [0, 0.05) is 36.1 Å². The van der Waals surface area contributed by atoms with Crippen molar-refractivity contribution in [2.75, 3.05) is 11.9 Å². The third kappa shape index (κ3) is 2.73. The highest BCUT2D eigenvalue weighted by Gasteiger charge is 2.43. The SMILES string of the molecule is CCCC1(CC(=O)C(C)C)CNc2ncc(Br)c(Cl)c21. The number of nitrogens with zero attached hydrogens (tertiary/aromatic N) is 1. The molecule has 0 amide bonds. The number of rotatable bonds is 5. The molecular weight excluding hydrogens is 340 g/mol. The maximum absolute atomic E-state index is 12.3. The largest absolute Gasteiger partial charge is 0.369 e. The van der Waals surface area contributed by atoms with Crippen LogP contribution in [0.25, 0.3) is 0 Å². The summed E-state index contributed by atoms with van der Waals surface area (Å²) in [5.74, 6) is 1.15. The van der Waals surface area contributed by atoms with E-state index in [1.807, 2.05) is 13.8 Å². The van der Waals surface area contributed by atoms with Crippen molar-refractivity contribution in [1.29, 1.82) is 0 Å². The monoisotopic (exact) mass is 358 g/mol. The van der Waals surface area contributed by atoms with Crippen LogP contribution in [0.5, 0.6) is 0 Å². The van der Waals surface area contributed by atoms with Crippen LogP contribution in [-0.2, 0) is 10.2 Å². The van der Waals surface area contributed by atoms with Gasteiger partial charge in [0.1, 0.15) is 11.6 Å². The van der Waals surface area contributed by atoms with Crippen LogP contribution in [-0.4, -0.2) is 17.3 Å². The summed E-state index contributed by atoms with van der Waals surface area (Å²) >= 11 is 9.92. The third-order valence-corrected chi connectivity index (χ3v) is 5.20. The molecule has 2 rings (SSSR count). The second kappa shape index (κ2) is 6.02. The van der Waals surface area contributed by atoms with Crippen LogP contribution in [0, 0.1) is 5.92 Å². The summed E-state index contributed by atoms with van der Waals surface area (Å²) < 4.78 is 0.791. The number of hydrogen-bond acceptors (Lipinski definition) is 3. The summed E-state index contributed by atoms with van der Waals surface area (Å²) in [4.78, 5) is 16.7. The van der Waals surface area contributed by atoms with Gasteiger partial charge in [0.15, 0.2) is 0 Å². The lowest BCUT2D eigenvalue weighted by Crippen LogP contribution is -2.33. The Morgan fingerprint density at radius 1 is 1.60 bits per heavy atom. The van der Waals surface area contributed by atoms with Crippen molar-refractivity contribution in [3.05, 3.63) is 21.3 Å². The van der Waals surface area contributed by atoms with Crippen molar-refractivity contribution in [3.8, 4) is 0 Å². The summed E-state index contributed by atoms with van der Waals surface area (Å²) in [6, 6.07) is 0. The predicted octanol–water partition coefficient (Wildman–Crippen LogP) is 4.58. The van der Waals surface area contributed by atoms with Crippen molar-refractivity contribution in [1.82, 2.24) is 4.98 Å². The molecule has 3 nitrogen and oxygen atoms in total. The predicted molar refractivity (Wildman–Crippen MR) is 86.5 cm³/mol. The van der Waals surface area contributed by atoms with Crippen molar-refractivity contribution in [2.24, 2.45) is 5.92 Å². The Bertz CT molecular complexity index is 529. The molecule has 1 aliphatic heterocycles. The number of Topliss-reactive ketones (excluding diaryl/α,β-unsaturated/α-hetero) is 1. The number of ketones is 1. The van der Waals surface area contributed by atoms with E-state index in [2.05, 4.69) is 33.2 Å². The topological polar surface area (TPSA) is 42.0 Å². The Morgan fingerprint density at radius 3 is 2.90 bits per heavy atom. The van der Waals surface area contributed by atoms with Gasteiger partial charge in [0.05, 0.1) is 9.50 Å². The van der Waals surface area contributed by atoms with E-state index in [4.69, 9.17) is 11.6 Å². The zero-order valence-electron chi connectivity index (χ0n) is 12.1. The number of pyridine rings is 1. The standard InChI is InChI=1S/C15H20BrClN2O/c1-4-5-15(6-11(20)9(2)3)8-19-14-12(15)13(17)10(16)7-18-14/h7,9H,4-6,8H2,1-3H3,(H,18,19). The van der Waals surface area contributed by atoms with Gasteiger partial charge in [-0.15, -0.1) is 0 Å². The molecule has 2 heterocycles. The lowest BCUT2D eigenvalue weighted by atomic mass is 9.74. The number of hydrogen-bond donors (Lipinski definition) is 1. The molecule has 5 heteroatoms. The molecule has 0 spiro atoms. The van der Waals surface area contributed by atoms with E-state index in [0.717, 1.165) is 35.2 Å². The number of aromatic nitrogens is 1. The highest BCUT2D eigenvalue weighted by atomic mass is 79.9. The number of fused-ring (bicyclic) bond motifs is 1. The zero-order valence-corrected chi connectivity index (χ0v) is 14.4. The Hall–Kier alpha value is -0.610. The average molecular weight is 360 g/mol. The first kappa shape index (κ1) is 15.8. The maximum Gasteiger partial charge on any atom is 0.136 e. The summed E-state index contributed by atoms with van der Waals surface area (Å²) in [6.07, 6.45) is 4.18. The lowest BCUT2D eigenvalue weighted by Gasteiger charge is -2.29. The van der Waals surface area contributed by atoms with Gasteiger partial charge in [-0.1, -0.05) is 38.8 Å². The Morgan fingerprint density at radius 2 is 2.30 bits per heavy atom. The second-order valence-corrected chi connectivity index (χ2v) is 7.06. The third-order valence-electron chi connectivity index (χ3n) is 3.98. The molecule has 0 saturated carbocycles. The molecule has 1 N–H and O–H groups in total. The van der Waals surface area contributed by atoms with E-state index in [-0.39, 0.29) is 17.1 Å². The number of carbonyl (C=O) groups is 1. The number of nitrogens with one attached hydrogen (secondary N) is 1. The van der Waals surface area contributed by atoms with Gasteiger partial charge in [0.2, 0.25) is 0 Å². The maximum atomic E-state index is 12.3.